The summed E-state index contributed by atoms with van der Waals surface area (Å²) in [5.74, 6) is 0. The van der Waals surface area contributed by atoms with E-state index in [4.69, 9.17) is 10.5 Å². The molecule has 0 saturated carbocycles. The van der Waals surface area contributed by atoms with Crippen LogP contribution in [0.3, 0.4) is 0 Å². The maximum atomic E-state index is 13.1. The Labute approximate surface area is 169 Å². The number of alkyl carbamates (subject to hydrolysis) is 1. The molecule has 2 heterocycles. The number of rotatable bonds is 5. The van der Waals surface area contributed by atoms with Crippen molar-refractivity contribution in [2.45, 2.75) is 37.7 Å². The molecule has 154 valence electrons. The molecule has 1 amide bonds. The van der Waals surface area contributed by atoms with Crippen LogP contribution in [0.4, 0.5) is 10.5 Å². The van der Waals surface area contributed by atoms with E-state index in [0.29, 0.717) is 28.7 Å². The highest BCUT2D eigenvalue weighted by Crippen LogP contribution is 2.25. The standard InChI is InChI=1S/C20H24N4O4S/c1-20(2,3)28-19(25)23-12-10-14-13-24(17-5-4-11-22-18(14)17)29(26,27)16-8-6-15(21)7-9-16/h4-9,11,13H,10,12,21H2,1-3H3,(H,23,25). The van der Waals surface area contributed by atoms with Gasteiger partial charge in [0.15, 0.2) is 0 Å². The van der Waals surface area contributed by atoms with Crippen molar-refractivity contribution in [3.63, 3.8) is 0 Å². The van der Waals surface area contributed by atoms with Gasteiger partial charge in [-0.05, 0) is 69.2 Å². The number of benzene rings is 1. The predicted molar refractivity (Wildman–Crippen MR) is 111 cm³/mol. The minimum atomic E-state index is -3.82. The summed E-state index contributed by atoms with van der Waals surface area (Å²) in [7, 11) is -3.82. The number of nitrogen functional groups attached to an aromatic ring is 1. The monoisotopic (exact) mass is 416 g/mol. The van der Waals surface area contributed by atoms with Gasteiger partial charge in [0.25, 0.3) is 10.0 Å². The van der Waals surface area contributed by atoms with Crippen molar-refractivity contribution in [1.29, 1.82) is 0 Å². The van der Waals surface area contributed by atoms with Gasteiger partial charge >= 0.3 is 6.09 Å². The number of hydrogen-bond donors (Lipinski definition) is 2. The molecule has 0 aliphatic heterocycles. The first-order valence-corrected chi connectivity index (χ1v) is 10.5. The zero-order valence-electron chi connectivity index (χ0n) is 16.5. The number of carbonyl (C=O) groups is 1. The van der Waals surface area contributed by atoms with E-state index in [1.54, 1.807) is 57.4 Å². The second-order valence-corrected chi connectivity index (χ2v) is 9.39. The number of nitrogens with two attached hydrogens (primary N) is 1. The van der Waals surface area contributed by atoms with Crippen LogP contribution in [0.1, 0.15) is 26.3 Å². The Hall–Kier alpha value is -3.07. The molecule has 0 atom stereocenters. The highest BCUT2D eigenvalue weighted by Gasteiger charge is 2.22. The van der Waals surface area contributed by atoms with Crippen LogP contribution < -0.4 is 11.1 Å². The third kappa shape index (κ3) is 4.68. The fourth-order valence-corrected chi connectivity index (χ4v) is 4.22. The molecule has 0 aliphatic carbocycles. The zero-order chi connectivity index (χ0) is 21.2. The molecule has 2 aromatic heterocycles. The van der Waals surface area contributed by atoms with Crippen molar-refractivity contribution in [2.75, 3.05) is 12.3 Å². The van der Waals surface area contributed by atoms with Gasteiger partial charge in [-0.25, -0.2) is 17.2 Å². The Morgan fingerprint density at radius 1 is 1.21 bits per heavy atom. The molecule has 0 aliphatic rings. The molecule has 3 N–H and O–H groups in total. The summed E-state index contributed by atoms with van der Waals surface area (Å²) in [6.07, 6.45) is 3.02. The van der Waals surface area contributed by atoms with Crippen LogP contribution in [0.25, 0.3) is 11.0 Å². The normalized spacial score (nSPS) is 12.1. The van der Waals surface area contributed by atoms with E-state index in [-0.39, 0.29) is 11.4 Å². The summed E-state index contributed by atoms with van der Waals surface area (Å²) < 4.78 is 32.7. The van der Waals surface area contributed by atoms with Gasteiger partial charge in [-0.1, -0.05) is 0 Å². The maximum Gasteiger partial charge on any atom is 0.407 e. The summed E-state index contributed by atoms with van der Waals surface area (Å²) >= 11 is 0. The van der Waals surface area contributed by atoms with Crippen molar-refractivity contribution < 1.29 is 17.9 Å². The van der Waals surface area contributed by atoms with Gasteiger partial charge in [-0.3, -0.25) is 4.98 Å². The molecule has 3 rings (SSSR count). The Kier molecular flexibility index (Phi) is 5.52. The minimum absolute atomic E-state index is 0.130. The third-order valence-corrected chi connectivity index (χ3v) is 5.79. The number of amides is 1. The lowest BCUT2D eigenvalue weighted by Gasteiger charge is -2.19. The van der Waals surface area contributed by atoms with Crippen LogP contribution in [0.5, 0.6) is 0 Å². The largest absolute Gasteiger partial charge is 0.444 e. The average Bonchev–Trinajstić information content (AvgIpc) is 3.00. The van der Waals surface area contributed by atoms with Gasteiger partial charge in [0.2, 0.25) is 0 Å². The highest BCUT2D eigenvalue weighted by atomic mass is 32.2. The van der Waals surface area contributed by atoms with Gasteiger partial charge in [-0.15, -0.1) is 0 Å². The minimum Gasteiger partial charge on any atom is -0.444 e. The lowest BCUT2D eigenvalue weighted by Crippen LogP contribution is -2.33. The fourth-order valence-electron chi connectivity index (χ4n) is 2.84. The lowest BCUT2D eigenvalue weighted by atomic mass is 10.2. The highest BCUT2D eigenvalue weighted by molar-refractivity contribution is 7.90. The van der Waals surface area contributed by atoms with Crippen molar-refractivity contribution in [3.8, 4) is 0 Å². The smallest absolute Gasteiger partial charge is 0.407 e. The number of ether oxygens (including phenoxy) is 1. The van der Waals surface area contributed by atoms with E-state index in [1.807, 2.05) is 0 Å². The molecular formula is C20H24N4O4S. The van der Waals surface area contributed by atoms with Crippen molar-refractivity contribution in [2.24, 2.45) is 0 Å². The van der Waals surface area contributed by atoms with Crippen LogP contribution in [-0.2, 0) is 21.2 Å². The molecule has 1 aromatic carbocycles. The maximum absolute atomic E-state index is 13.1. The number of aromatic nitrogens is 2. The number of pyridine rings is 1. The number of anilines is 1. The molecule has 0 saturated heterocycles. The Morgan fingerprint density at radius 2 is 1.90 bits per heavy atom. The van der Waals surface area contributed by atoms with Crippen LogP contribution in [-0.4, -0.2) is 35.6 Å². The van der Waals surface area contributed by atoms with E-state index < -0.39 is 21.7 Å². The van der Waals surface area contributed by atoms with E-state index in [0.717, 1.165) is 0 Å². The van der Waals surface area contributed by atoms with Crippen LogP contribution >= 0.6 is 0 Å². The van der Waals surface area contributed by atoms with Crippen LogP contribution in [0, 0.1) is 0 Å². The molecule has 0 radical (unpaired) electrons. The van der Waals surface area contributed by atoms with Crippen molar-refractivity contribution >= 4 is 32.8 Å². The Morgan fingerprint density at radius 3 is 2.55 bits per heavy atom. The van der Waals surface area contributed by atoms with Gasteiger partial charge in [-0.2, -0.15) is 0 Å². The first-order valence-electron chi connectivity index (χ1n) is 9.11. The summed E-state index contributed by atoms with van der Waals surface area (Å²) in [4.78, 5) is 16.3. The number of carbonyl (C=O) groups excluding carboxylic acids is 1. The zero-order valence-corrected chi connectivity index (χ0v) is 17.4. The van der Waals surface area contributed by atoms with Crippen molar-refractivity contribution in [1.82, 2.24) is 14.3 Å². The second-order valence-electron chi connectivity index (χ2n) is 7.57. The number of nitrogens with one attached hydrogen (secondary N) is 1. The van der Waals surface area contributed by atoms with Gasteiger partial charge in [0.05, 0.1) is 15.9 Å². The van der Waals surface area contributed by atoms with Gasteiger partial charge in [0.1, 0.15) is 5.60 Å². The SMILES string of the molecule is CC(C)(C)OC(=O)NCCc1cn(S(=O)(=O)c2ccc(N)cc2)c2cccnc12. The number of hydrogen-bond acceptors (Lipinski definition) is 6. The molecule has 0 fully saturated rings. The predicted octanol–water partition coefficient (Wildman–Crippen LogP) is 2.92. The molecular weight excluding hydrogens is 392 g/mol. The van der Waals surface area contributed by atoms with E-state index in [2.05, 4.69) is 10.3 Å². The summed E-state index contributed by atoms with van der Waals surface area (Å²) in [5.41, 5.74) is 7.30. The van der Waals surface area contributed by atoms with Crippen molar-refractivity contribution in [3.05, 3.63) is 54.4 Å². The number of nitrogens with zero attached hydrogens (tertiary/aromatic N) is 2. The topological polar surface area (TPSA) is 116 Å². The quantitative estimate of drug-likeness (QED) is 0.618. The molecule has 0 spiro atoms. The van der Waals surface area contributed by atoms with E-state index in [1.165, 1.54) is 16.1 Å². The Bertz CT molecular complexity index is 1130. The number of fused-ring (bicyclic) bond motifs is 1. The second kappa shape index (κ2) is 7.75. The van der Waals surface area contributed by atoms with E-state index in [9.17, 15) is 13.2 Å². The first kappa shape index (κ1) is 20.7. The Balaban J connectivity index is 1.88. The summed E-state index contributed by atoms with van der Waals surface area (Å²) in [6, 6.07) is 9.40. The fraction of sp³-hybridized carbons (Fsp3) is 0.300. The lowest BCUT2D eigenvalue weighted by molar-refractivity contribution is 0.0528. The molecule has 3 aromatic rings. The molecule has 9 heteroatoms. The molecule has 0 unspecified atom stereocenters. The summed E-state index contributed by atoms with van der Waals surface area (Å²) in [6.45, 7) is 5.64. The average molecular weight is 417 g/mol. The van der Waals surface area contributed by atoms with Crippen LogP contribution in [0.2, 0.25) is 0 Å². The molecule has 8 nitrogen and oxygen atoms in total. The molecule has 29 heavy (non-hydrogen) atoms. The molecule has 0 bridgehead atoms. The van der Waals surface area contributed by atoms with Gasteiger partial charge < -0.3 is 15.8 Å². The van der Waals surface area contributed by atoms with E-state index >= 15 is 0 Å². The summed E-state index contributed by atoms with van der Waals surface area (Å²) in [5, 5.41) is 2.68. The third-order valence-electron chi connectivity index (χ3n) is 4.10. The first-order chi connectivity index (χ1) is 13.6. The van der Waals surface area contributed by atoms with Gasteiger partial charge in [0, 0.05) is 24.6 Å². The van der Waals surface area contributed by atoms with Crippen LogP contribution in [0.15, 0.2) is 53.7 Å².